The van der Waals surface area contributed by atoms with E-state index < -0.39 is 13.0 Å². The van der Waals surface area contributed by atoms with Gasteiger partial charge in [-0.05, 0) is 35.5 Å². The third kappa shape index (κ3) is 3.17. The van der Waals surface area contributed by atoms with Crippen LogP contribution in [-0.2, 0) is 0 Å². The van der Waals surface area contributed by atoms with Gasteiger partial charge < -0.3 is 5.11 Å². The van der Waals surface area contributed by atoms with Gasteiger partial charge >= 0.3 is 0 Å². The second-order valence-electron chi connectivity index (χ2n) is 5.62. The molecule has 0 amide bonds. The Balaban J connectivity index is 2.41. The summed E-state index contributed by atoms with van der Waals surface area (Å²) in [6.45, 7) is -0.148. The lowest BCUT2D eigenvalue weighted by atomic mass is 10.4. The van der Waals surface area contributed by atoms with Gasteiger partial charge in [0.25, 0.3) is 0 Å². The topological polar surface area (TPSA) is 20.2 Å². The molecular formula is C21H21OP. The zero-order chi connectivity index (χ0) is 16.1. The molecule has 116 valence electrons. The first-order valence-corrected chi connectivity index (χ1v) is 9.69. The van der Waals surface area contributed by atoms with Crippen LogP contribution in [0, 0.1) is 0 Å². The highest BCUT2D eigenvalue weighted by Gasteiger charge is 2.25. The van der Waals surface area contributed by atoms with E-state index in [-0.39, 0.29) is 0 Å². The Kier molecular flexibility index (Phi) is 4.81. The largest absolute Gasteiger partial charge is 0.389 e. The van der Waals surface area contributed by atoms with Crippen molar-refractivity contribution in [1.82, 2.24) is 0 Å². The Morgan fingerprint density at radius 1 is 0.652 bits per heavy atom. The molecule has 3 rings (SSSR count). The highest BCUT2D eigenvalue weighted by molar-refractivity contribution is 7.94. The van der Waals surface area contributed by atoms with Crippen molar-refractivity contribution in [1.29, 1.82) is 0 Å². The molecule has 0 saturated carbocycles. The van der Waals surface area contributed by atoms with Crippen LogP contribution < -0.4 is 15.9 Å². The minimum atomic E-state index is -1.98. The number of aliphatic hydroxyl groups excluding tert-OH is 1. The third-order valence-corrected chi connectivity index (χ3v) is 8.15. The monoisotopic (exact) mass is 320 g/mol. The van der Waals surface area contributed by atoms with Crippen LogP contribution in [0.2, 0.25) is 0 Å². The molecule has 0 aliphatic heterocycles. The Hall–Kier alpha value is -2.08. The normalized spacial score (nSPS) is 12.6. The number of benzene rings is 3. The maximum absolute atomic E-state index is 10.2. The molecule has 3 aromatic carbocycles. The summed E-state index contributed by atoms with van der Waals surface area (Å²) in [5, 5.41) is 14.0. The zero-order valence-electron chi connectivity index (χ0n) is 13.2. The predicted octanol–water partition coefficient (Wildman–Crippen LogP) is 3.16. The number of hydrogen-bond donors (Lipinski definition) is 1. The van der Waals surface area contributed by atoms with E-state index in [2.05, 4.69) is 78.6 Å². The van der Waals surface area contributed by atoms with Crippen molar-refractivity contribution in [2.24, 2.45) is 0 Å². The molecule has 0 aromatic heterocycles. The van der Waals surface area contributed by atoms with Crippen LogP contribution in [0.15, 0.2) is 91.0 Å². The molecular weight excluding hydrogens is 299 g/mol. The molecule has 2 heteroatoms. The fourth-order valence-electron chi connectivity index (χ4n) is 3.02. The number of rotatable bonds is 4. The van der Waals surface area contributed by atoms with E-state index in [4.69, 9.17) is 0 Å². The van der Waals surface area contributed by atoms with Crippen LogP contribution in [0.25, 0.3) is 0 Å². The Morgan fingerprint density at radius 2 is 0.957 bits per heavy atom. The molecule has 0 fully saturated rings. The average molecular weight is 320 g/mol. The van der Waals surface area contributed by atoms with E-state index in [0.717, 1.165) is 0 Å². The maximum Gasteiger partial charge on any atom is 0.0705 e. The van der Waals surface area contributed by atoms with Gasteiger partial charge in [0.05, 0.1) is 6.10 Å². The lowest BCUT2D eigenvalue weighted by Gasteiger charge is -2.29. The quantitative estimate of drug-likeness (QED) is 0.732. The van der Waals surface area contributed by atoms with Crippen LogP contribution in [0.4, 0.5) is 0 Å². The van der Waals surface area contributed by atoms with E-state index in [1.165, 1.54) is 15.9 Å². The van der Waals surface area contributed by atoms with Crippen LogP contribution in [0.1, 0.15) is 6.92 Å². The van der Waals surface area contributed by atoms with Gasteiger partial charge in [-0.3, -0.25) is 0 Å². The third-order valence-electron chi connectivity index (χ3n) is 3.93. The van der Waals surface area contributed by atoms with Crippen molar-refractivity contribution in [3.63, 3.8) is 0 Å². The van der Waals surface area contributed by atoms with Crippen LogP contribution >= 0.6 is 6.89 Å². The van der Waals surface area contributed by atoms with Crippen molar-refractivity contribution in [2.45, 2.75) is 13.0 Å². The summed E-state index contributed by atoms with van der Waals surface area (Å²) in [5.41, 5.74) is 0. The minimum absolute atomic E-state index is 0.482. The zero-order valence-corrected chi connectivity index (χ0v) is 14.1. The molecule has 0 bridgehead atoms. The molecule has 1 atom stereocenters. The second-order valence-corrected chi connectivity index (χ2v) is 8.91. The predicted molar refractivity (Wildman–Crippen MR) is 103 cm³/mol. The van der Waals surface area contributed by atoms with Crippen LogP contribution in [-0.4, -0.2) is 17.0 Å². The maximum atomic E-state index is 10.2. The molecule has 0 saturated heterocycles. The van der Waals surface area contributed by atoms with Gasteiger partial charge in [-0.25, -0.2) is 0 Å². The van der Waals surface area contributed by atoms with Crippen molar-refractivity contribution in [3.8, 4) is 0 Å². The molecule has 0 aliphatic rings. The highest BCUT2D eigenvalue weighted by Crippen LogP contribution is 2.43. The van der Waals surface area contributed by atoms with Gasteiger partial charge in [0.2, 0.25) is 0 Å². The lowest BCUT2D eigenvalue weighted by Crippen LogP contribution is -2.28. The highest BCUT2D eigenvalue weighted by atomic mass is 31.2. The number of aliphatic hydroxyl groups is 1. The molecule has 0 radical (unpaired) electrons. The Labute approximate surface area is 138 Å². The summed E-state index contributed by atoms with van der Waals surface area (Å²) in [6.07, 6.45) is -0.482. The van der Waals surface area contributed by atoms with Crippen molar-refractivity contribution in [2.75, 3.05) is 0 Å². The van der Waals surface area contributed by atoms with Gasteiger partial charge in [-0.2, -0.15) is 0 Å². The fourth-order valence-corrected chi connectivity index (χ4v) is 7.00. The number of hydrogen-bond acceptors (Lipinski definition) is 1. The molecule has 1 nitrogen and oxygen atoms in total. The van der Waals surface area contributed by atoms with E-state index in [9.17, 15) is 5.11 Å². The van der Waals surface area contributed by atoms with Crippen LogP contribution in [0.3, 0.4) is 0 Å². The standard InChI is InChI=1S/C21H21OP/c1-18(22)17-23(19-11-5-2-6-12-19,20-13-7-3-8-14-20)21-15-9-4-10-16-21/h2-18,22H,1H3. The Bertz CT molecular complexity index is 690. The van der Waals surface area contributed by atoms with E-state index >= 15 is 0 Å². The molecule has 3 aromatic rings. The summed E-state index contributed by atoms with van der Waals surface area (Å²) < 4.78 is 0. The summed E-state index contributed by atoms with van der Waals surface area (Å²) in [5.74, 6) is 2.13. The molecule has 1 unspecified atom stereocenters. The van der Waals surface area contributed by atoms with Gasteiger partial charge in [0, 0.05) is 0 Å². The first-order chi connectivity index (χ1) is 11.2. The lowest BCUT2D eigenvalue weighted by molar-refractivity contribution is 0.269. The molecule has 0 heterocycles. The first kappa shape index (κ1) is 15.8. The van der Waals surface area contributed by atoms with Crippen molar-refractivity contribution < 1.29 is 5.11 Å². The van der Waals surface area contributed by atoms with Gasteiger partial charge in [0.1, 0.15) is 0 Å². The van der Waals surface area contributed by atoms with Gasteiger partial charge in [-0.1, -0.05) is 91.0 Å². The summed E-state index contributed by atoms with van der Waals surface area (Å²) in [7, 11) is 0. The van der Waals surface area contributed by atoms with Gasteiger partial charge in [0.15, 0.2) is 0 Å². The first-order valence-electron chi connectivity index (χ1n) is 7.83. The van der Waals surface area contributed by atoms with Crippen molar-refractivity contribution >= 4 is 28.6 Å². The van der Waals surface area contributed by atoms with Crippen LogP contribution in [0.5, 0.6) is 0 Å². The van der Waals surface area contributed by atoms with Gasteiger partial charge in [-0.15, -0.1) is 0 Å². The summed E-state index contributed by atoms with van der Waals surface area (Å²) in [4.78, 5) is 0. The van der Waals surface area contributed by atoms with E-state index in [0.29, 0.717) is 0 Å². The van der Waals surface area contributed by atoms with E-state index in [1.54, 1.807) is 0 Å². The molecule has 1 N–H and O–H groups in total. The minimum Gasteiger partial charge on any atom is -0.389 e. The molecule has 23 heavy (non-hydrogen) atoms. The second kappa shape index (κ2) is 7.00. The SMILES string of the molecule is CC(O)C=P(c1ccccc1)(c1ccccc1)c1ccccc1. The van der Waals surface area contributed by atoms with E-state index in [1.807, 2.05) is 25.1 Å². The van der Waals surface area contributed by atoms with Crippen molar-refractivity contribution in [3.05, 3.63) is 91.0 Å². The summed E-state index contributed by atoms with van der Waals surface area (Å²) >= 11 is 0. The Morgan fingerprint density at radius 3 is 1.22 bits per heavy atom. The average Bonchev–Trinajstić information content (AvgIpc) is 2.62. The molecule has 0 aliphatic carbocycles. The fraction of sp³-hybridized carbons (Fsp3) is 0.0952. The summed E-state index contributed by atoms with van der Waals surface area (Å²) in [6, 6.07) is 31.6. The smallest absolute Gasteiger partial charge is 0.0705 e. The molecule has 0 spiro atoms.